The Morgan fingerprint density at radius 3 is 2.56 bits per heavy atom. The number of halogens is 1. The molecule has 0 aliphatic carbocycles. The minimum Gasteiger partial charge on any atom is -0.388 e. The van der Waals surface area contributed by atoms with Crippen LogP contribution in [0.5, 0.6) is 0 Å². The molecule has 1 aromatic rings. The van der Waals surface area contributed by atoms with Gasteiger partial charge < -0.3 is 14.6 Å². The maximum atomic E-state index is 13.8. The van der Waals surface area contributed by atoms with E-state index in [-0.39, 0.29) is 5.82 Å². The van der Waals surface area contributed by atoms with Gasteiger partial charge in [0.25, 0.3) is 0 Å². The molecule has 0 heterocycles. The number of aryl methyl sites for hydroxylation is 2. The average Bonchev–Trinajstić information content (AvgIpc) is 2.27. The first-order valence-electron chi connectivity index (χ1n) is 6.07. The fraction of sp³-hybridized carbons (Fsp3) is 0.571. The van der Waals surface area contributed by atoms with Gasteiger partial charge in [-0.2, -0.15) is 0 Å². The lowest BCUT2D eigenvalue weighted by Gasteiger charge is -2.15. The molecule has 1 atom stereocenters. The van der Waals surface area contributed by atoms with E-state index < -0.39 is 6.10 Å². The van der Waals surface area contributed by atoms with Crippen LogP contribution in [-0.2, 0) is 9.47 Å². The number of aliphatic hydroxyl groups excluding tert-OH is 1. The molecule has 4 heteroatoms. The number of benzene rings is 1. The maximum Gasteiger partial charge on any atom is 0.129 e. The molecule has 0 aromatic heterocycles. The Bertz CT molecular complexity index is 356. The number of rotatable bonds is 7. The van der Waals surface area contributed by atoms with Gasteiger partial charge in [0.05, 0.1) is 19.3 Å². The molecule has 0 fully saturated rings. The second-order valence-electron chi connectivity index (χ2n) is 4.39. The normalized spacial score (nSPS) is 12.7. The molecule has 1 aromatic carbocycles. The summed E-state index contributed by atoms with van der Waals surface area (Å²) in [6.07, 6.45) is -0.446. The van der Waals surface area contributed by atoms with Crippen LogP contribution in [-0.4, -0.2) is 32.0 Å². The van der Waals surface area contributed by atoms with Crippen LogP contribution in [0.3, 0.4) is 0 Å². The molecule has 3 nitrogen and oxygen atoms in total. The lowest BCUT2D eigenvalue weighted by Crippen LogP contribution is -2.09. The maximum absolute atomic E-state index is 13.8. The molecule has 0 spiro atoms. The summed E-state index contributed by atoms with van der Waals surface area (Å²) < 4.78 is 23.9. The van der Waals surface area contributed by atoms with E-state index in [2.05, 4.69) is 0 Å². The summed E-state index contributed by atoms with van der Waals surface area (Å²) in [5, 5.41) is 9.98. The molecule has 0 bridgehead atoms. The minimum absolute atomic E-state index is 0.350. The fourth-order valence-corrected chi connectivity index (χ4v) is 1.93. The number of methoxy groups -OCH3 is 1. The average molecular weight is 256 g/mol. The number of hydrogen-bond acceptors (Lipinski definition) is 3. The van der Waals surface area contributed by atoms with E-state index in [1.54, 1.807) is 14.0 Å². The first-order chi connectivity index (χ1) is 8.56. The van der Waals surface area contributed by atoms with Crippen LogP contribution in [0.4, 0.5) is 4.39 Å². The van der Waals surface area contributed by atoms with Crippen LogP contribution in [0.25, 0.3) is 0 Å². The van der Waals surface area contributed by atoms with Crippen molar-refractivity contribution in [3.63, 3.8) is 0 Å². The minimum atomic E-state index is -0.826. The highest BCUT2D eigenvalue weighted by Crippen LogP contribution is 2.25. The van der Waals surface area contributed by atoms with Gasteiger partial charge in [-0.3, -0.25) is 0 Å². The largest absolute Gasteiger partial charge is 0.388 e. The molecule has 1 N–H and O–H groups in total. The molecule has 102 valence electrons. The quantitative estimate of drug-likeness (QED) is 0.762. The first kappa shape index (κ1) is 15.1. The van der Waals surface area contributed by atoms with Gasteiger partial charge in [-0.05, 0) is 31.0 Å². The van der Waals surface area contributed by atoms with Gasteiger partial charge >= 0.3 is 0 Å². The Balaban J connectivity index is 2.53. The summed E-state index contributed by atoms with van der Waals surface area (Å²) in [7, 11) is 1.60. The van der Waals surface area contributed by atoms with Gasteiger partial charge in [0.15, 0.2) is 0 Å². The van der Waals surface area contributed by atoms with Gasteiger partial charge in [0, 0.05) is 25.7 Å². The SMILES string of the molecule is COCCOCCC(O)c1c(C)cc(C)cc1F. The molecule has 0 saturated carbocycles. The predicted molar refractivity (Wildman–Crippen MR) is 68.1 cm³/mol. The van der Waals surface area contributed by atoms with E-state index in [0.717, 1.165) is 11.1 Å². The van der Waals surface area contributed by atoms with E-state index in [1.165, 1.54) is 6.07 Å². The van der Waals surface area contributed by atoms with Gasteiger partial charge in [0.1, 0.15) is 5.82 Å². The van der Waals surface area contributed by atoms with Crippen molar-refractivity contribution in [3.8, 4) is 0 Å². The standard InChI is InChI=1S/C14H21FO3/c1-10-8-11(2)14(12(15)9-10)13(16)4-5-18-7-6-17-3/h8-9,13,16H,4-7H2,1-3H3. The van der Waals surface area contributed by atoms with Crippen molar-refractivity contribution < 1.29 is 19.0 Å². The lowest BCUT2D eigenvalue weighted by atomic mass is 9.98. The molecule has 1 unspecified atom stereocenters. The monoisotopic (exact) mass is 256 g/mol. The van der Waals surface area contributed by atoms with Crippen LogP contribution in [0.15, 0.2) is 12.1 Å². The van der Waals surface area contributed by atoms with E-state index in [0.29, 0.717) is 31.8 Å². The summed E-state index contributed by atoms with van der Waals surface area (Å²) >= 11 is 0. The Labute approximate surface area is 108 Å². The molecule has 0 radical (unpaired) electrons. The molecular weight excluding hydrogens is 235 g/mol. The molecule has 18 heavy (non-hydrogen) atoms. The third kappa shape index (κ3) is 4.37. The van der Waals surface area contributed by atoms with Crippen molar-refractivity contribution in [3.05, 3.63) is 34.6 Å². The van der Waals surface area contributed by atoms with Gasteiger partial charge in [0.2, 0.25) is 0 Å². The first-order valence-corrected chi connectivity index (χ1v) is 6.07. The van der Waals surface area contributed by atoms with Crippen LogP contribution in [0.1, 0.15) is 29.2 Å². The Kier molecular flexibility index (Phi) is 6.25. The van der Waals surface area contributed by atoms with Crippen molar-refractivity contribution in [1.29, 1.82) is 0 Å². The summed E-state index contributed by atoms with van der Waals surface area (Å²) in [6, 6.07) is 3.31. The Hall–Kier alpha value is -0.970. The molecular formula is C14H21FO3. The predicted octanol–water partition coefficient (Wildman–Crippen LogP) is 2.53. The molecule has 0 aliphatic rings. The summed E-state index contributed by atoms with van der Waals surface area (Å²) in [5.74, 6) is -0.350. The summed E-state index contributed by atoms with van der Waals surface area (Å²) in [5.41, 5.74) is 2.00. The highest BCUT2D eigenvalue weighted by atomic mass is 19.1. The lowest BCUT2D eigenvalue weighted by molar-refractivity contribution is 0.0467. The van der Waals surface area contributed by atoms with Crippen molar-refractivity contribution >= 4 is 0 Å². The Morgan fingerprint density at radius 2 is 1.94 bits per heavy atom. The zero-order chi connectivity index (χ0) is 13.5. The summed E-state index contributed by atoms with van der Waals surface area (Å²) in [4.78, 5) is 0. The number of hydrogen-bond donors (Lipinski definition) is 1. The molecule has 0 aliphatic heterocycles. The van der Waals surface area contributed by atoms with Gasteiger partial charge in [-0.15, -0.1) is 0 Å². The van der Waals surface area contributed by atoms with E-state index >= 15 is 0 Å². The number of aliphatic hydroxyl groups is 1. The molecule has 0 amide bonds. The van der Waals surface area contributed by atoms with Crippen LogP contribution < -0.4 is 0 Å². The van der Waals surface area contributed by atoms with Crippen molar-refractivity contribution in [2.24, 2.45) is 0 Å². The smallest absolute Gasteiger partial charge is 0.129 e. The van der Waals surface area contributed by atoms with Crippen molar-refractivity contribution in [2.75, 3.05) is 26.9 Å². The van der Waals surface area contributed by atoms with Crippen LogP contribution in [0.2, 0.25) is 0 Å². The second kappa shape index (κ2) is 7.46. The third-order valence-electron chi connectivity index (χ3n) is 2.78. The zero-order valence-electron chi connectivity index (χ0n) is 11.2. The fourth-order valence-electron chi connectivity index (χ4n) is 1.93. The summed E-state index contributed by atoms with van der Waals surface area (Å²) in [6.45, 7) is 5.03. The van der Waals surface area contributed by atoms with Crippen molar-refractivity contribution in [1.82, 2.24) is 0 Å². The van der Waals surface area contributed by atoms with E-state index in [9.17, 15) is 9.50 Å². The van der Waals surface area contributed by atoms with Crippen LogP contribution in [0, 0.1) is 19.7 Å². The van der Waals surface area contributed by atoms with E-state index in [4.69, 9.17) is 9.47 Å². The Morgan fingerprint density at radius 1 is 1.22 bits per heavy atom. The third-order valence-corrected chi connectivity index (χ3v) is 2.78. The van der Waals surface area contributed by atoms with Gasteiger partial charge in [-0.25, -0.2) is 4.39 Å². The highest BCUT2D eigenvalue weighted by Gasteiger charge is 2.15. The second-order valence-corrected chi connectivity index (χ2v) is 4.39. The van der Waals surface area contributed by atoms with E-state index in [1.807, 2.05) is 13.0 Å². The number of ether oxygens (including phenoxy) is 2. The van der Waals surface area contributed by atoms with Crippen LogP contribution >= 0.6 is 0 Å². The molecule has 0 saturated heterocycles. The van der Waals surface area contributed by atoms with Gasteiger partial charge in [-0.1, -0.05) is 6.07 Å². The zero-order valence-corrected chi connectivity index (χ0v) is 11.2. The highest BCUT2D eigenvalue weighted by molar-refractivity contribution is 5.33. The van der Waals surface area contributed by atoms with Crippen molar-refractivity contribution in [2.45, 2.75) is 26.4 Å². The molecule has 1 rings (SSSR count). The topological polar surface area (TPSA) is 38.7 Å².